The van der Waals surface area contributed by atoms with Crippen molar-refractivity contribution in [3.05, 3.63) is 194 Å². The molecule has 0 aliphatic carbocycles. The molecule has 0 unspecified atom stereocenters. The van der Waals surface area contributed by atoms with E-state index in [9.17, 15) is 0 Å². The van der Waals surface area contributed by atoms with Gasteiger partial charge in [0.25, 0.3) is 0 Å². The molecule has 268 valence electrons. The quantitative estimate of drug-likeness (QED) is 0.162. The molecule has 0 amide bonds. The summed E-state index contributed by atoms with van der Waals surface area (Å²) in [6.45, 7) is 0. The van der Waals surface area contributed by atoms with Gasteiger partial charge in [0.15, 0.2) is 23.1 Å². The smallest absolute Gasteiger partial charge is 0.165 e. The first-order chi connectivity index (χ1) is 28.3. The monoisotopic (exact) mass is 748 g/mol. The van der Waals surface area contributed by atoms with Crippen LogP contribution in [0.4, 0.5) is 17.1 Å². The maximum absolute atomic E-state index is 6.76. The summed E-state index contributed by atoms with van der Waals surface area (Å²) in [6.07, 6.45) is 0. The van der Waals surface area contributed by atoms with E-state index < -0.39 is 0 Å². The van der Waals surface area contributed by atoms with E-state index >= 15 is 0 Å². The molecule has 0 bridgehead atoms. The van der Waals surface area contributed by atoms with Crippen LogP contribution in [0.3, 0.4) is 0 Å². The van der Waals surface area contributed by atoms with Crippen LogP contribution < -0.4 is 4.90 Å². The molecule has 3 heterocycles. The normalized spacial score (nSPS) is 11.5. The number of rotatable bonds is 7. The number of hydrogen-bond acceptors (Lipinski definition) is 6. The lowest BCUT2D eigenvalue weighted by atomic mass is 9.97. The van der Waals surface area contributed by atoms with Crippen LogP contribution in [0.2, 0.25) is 0 Å². The lowest BCUT2D eigenvalue weighted by Gasteiger charge is -2.25. The Hall–Kier alpha value is -7.41. The number of thiophene rings is 1. The van der Waals surface area contributed by atoms with Crippen LogP contribution in [0, 0.1) is 0 Å². The van der Waals surface area contributed by atoms with Crippen molar-refractivity contribution in [1.29, 1.82) is 0 Å². The standard InChI is InChI=1S/C51H32N4OS/c1-4-15-34(16-5-1)49-52-50(54-51(53-49)42-24-14-23-40-39-21-11-13-26-45(39)57-48(40)42)35-29-27-33(28-30-35)38-31-32-43(47-46(38)41-22-10-12-25-44(41)56-47)55(36-17-6-2-7-18-36)37-19-8-3-9-20-37/h1-32H. The van der Waals surface area contributed by atoms with E-state index in [1.165, 1.54) is 20.2 Å². The van der Waals surface area contributed by atoms with E-state index in [1.807, 2.05) is 54.6 Å². The zero-order valence-corrected chi connectivity index (χ0v) is 31.4. The molecule has 11 aromatic rings. The molecule has 0 N–H and O–H groups in total. The number of fused-ring (bicyclic) bond motifs is 6. The Morgan fingerprint density at radius 2 is 0.965 bits per heavy atom. The summed E-state index contributed by atoms with van der Waals surface area (Å²) in [5.41, 5.74) is 9.76. The molecule has 11 rings (SSSR count). The van der Waals surface area contributed by atoms with Crippen molar-refractivity contribution < 1.29 is 4.42 Å². The molecule has 0 aliphatic rings. The molecule has 8 aromatic carbocycles. The minimum Gasteiger partial charge on any atom is -0.454 e. The van der Waals surface area contributed by atoms with Crippen LogP contribution in [0.5, 0.6) is 0 Å². The molecule has 5 nitrogen and oxygen atoms in total. The Balaban J connectivity index is 1.05. The van der Waals surface area contributed by atoms with Gasteiger partial charge in [0.05, 0.1) is 5.69 Å². The Morgan fingerprint density at radius 1 is 0.404 bits per heavy atom. The van der Waals surface area contributed by atoms with Gasteiger partial charge in [0.2, 0.25) is 0 Å². The first-order valence-corrected chi connectivity index (χ1v) is 19.8. The number of aromatic nitrogens is 3. The second-order valence-corrected chi connectivity index (χ2v) is 15.0. The van der Waals surface area contributed by atoms with Crippen LogP contribution >= 0.6 is 11.3 Å². The van der Waals surface area contributed by atoms with Crippen LogP contribution in [0.1, 0.15) is 0 Å². The molecular formula is C51H32N4OS. The van der Waals surface area contributed by atoms with E-state index in [4.69, 9.17) is 19.4 Å². The zero-order valence-electron chi connectivity index (χ0n) is 30.6. The minimum absolute atomic E-state index is 0.624. The highest BCUT2D eigenvalue weighted by Gasteiger charge is 2.22. The topological polar surface area (TPSA) is 55.1 Å². The average Bonchev–Trinajstić information content (AvgIpc) is 3.87. The van der Waals surface area contributed by atoms with E-state index in [1.54, 1.807) is 11.3 Å². The molecule has 57 heavy (non-hydrogen) atoms. The molecule has 0 radical (unpaired) electrons. The zero-order chi connectivity index (χ0) is 37.7. The van der Waals surface area contributed by atoms with Crippen LogP contribution in [-0.4, -0.2) is 15.0 Å². The van der Waals surface area contributed by atoms with Gasteiger partial charge in [-0.2, -0.15) is 0 Å². The number of furan rings is 1. The molecule has 3 aromatic heterocycles. The van der Waals surface area contributed by atoms with Crippen molar-refractivity contribution in [3.8, 4) is 45.3 Å². The van der Waals surface area contributed by atoms with Gasteiger partial charge in [-0.15, -0.1) is 11.3 Å². The second-order valence-electron chi connectivity index (χ2n) is 14.0. The van der Waals surface area contributed by atoms with Crippen molar-refractivity contribution in [2.24, 2.45) is 0 Å². The highest BCUT2D eigenvalue weighted by Crippen LogP contribution is 2.46. The van der Waals surface area contributed by atoms with Crippen LogP contribution in [-0.2, 0) is 0 Å². The summed E-state index contributed by atoms with van der Waals surface area (Å²) >= 11 is 1.78. The predicted octanol–water partition coefficient (Wildman–Crippen LogP) is 14.3. The molecule has 0 aliphatic heterocycles. The predicted molar refractivity (Wildman–Crippen MR) is 236 cm³/mol. The molecule has 0 spiro atoms. The van der Waals surface area contributed by atoms with Crippen molar-refractivity contribution in [3.63, 3.8) is 0 Å². The first-order valence-electron chi connectivity index (χ1n) is 18.9. The maximum Gasteiger partial charge on any atom is 0.165 e. The van der Waals surface area contributed by atoms with E-state index in [2.05, 4.69) is 144 Å². The average molecular weight is 749 g/mol. The second kappa shape index (κ2) is 13.7. The van der Waals surface area contributed by atoms with Crippen molar-refractivity contribution >= 4 is 70.5 Å². The third-order valence-corrected chi connectivity index (χ3v) is 11.8. The number of anilines is 3. The van der Waals surface area contributed by atoms with Crippen molar-refractivity contribution in [1.82, 2.24) is 15.0 Å². The molecule has 0 fully saturated rings. The maximum atomic E-state index is 6.76. The third kappa shape index (κ3) is 5.74. The fourth-order valence-electron chi connectivity index (χ4n) is 7.88. The largest absolute Gasteiger partial charge is 0.454 e. The molecule has 0 saturated heterocycles. The molecule has 0 atom stereocenters. The summed E-state index contributed by atoms with van der Waals surface area (Å²) in [5, 5.41) is 4.59. The number of para-hydroxylation sites is 3. The van der Waals surface area contributed by atoms with Gasteiger partial charge in [0.1, 0.15) is 5.58 Å². The first kappa shape index (κ1) is 33.0. The van der Waals surface area contributed by atoms with E-state index in [0.29, 0.717) is 17.5 Å². The molecule has 6 heteroatoms. The molecule has 0 saturated carbocycles. The number of benzene rings is 8. The SMILES string of the molecule is c1ccc(-c2nc(-c3ccc(-c4ccc(N(c5ccccc5)c5ccccc5)c5oc6ccccc6c45)cc3)nc(-c3cccc4c3sc3ccccc34)n2)cc1. The van der Waals surface area contributed by atoms with Gasteiger partial charge in [-0.05, 0) is 59.7 Å². The summed E-state index contributed by atoms with van der Waals surface area (Å²) in [6, 6.07) is 67.2. The van der Waals surface area contributed by atoms with Crippen LogP contribution in [0.15, 0.2) is 199 Å². The summed E-state index contributed by atoms with van der Waals surface area (Å²) in [5.74, 6) is 1.92. The number of hydrogen-bond donors (Lipinski definition) is 0. The summed E-state index contributed by atoms with van der Waals surface area (Å²) < 4.78 is 9.17. The molecular weight excluding hydrogens is 717 g/mol. The van der Waals surface area contributed by atoms with Gasteiger partial charge in [-0.3, -0.25) is 0 Å². The van der Waals surface area contributed by atoms with Gasteiger partial charge in [0, 0.05) is 59.0 Å². The number of nitrogens with zero attached hydrogens (tertiary/aromatic N) is 4. The Labute approximate surface area is 332 Å². The van der Waals surface area contributed by atoms with Crippen LogP contribution in [0.25, 0.3) is 87.4 Å². The van der Waals surface area contributed by atoms with Gasteiger partial charge in [-0.25, -0.2) is 15.0 Å². The minimum atomic E-state index is 0.624. The highest BCUT2D eigenvalue weighted by atomic mass is 32.1. The fraction of sp³-hybridized carbons (Fsp3) is 0. The summed E-state index contributed by atoms with van der Waals surface area (Å²) in [4.78, 5) is 17.6. The third-order valence-electron chi connectivity index (χ3n) is 10.5. The van der Waals surface area contributed by atoms with E-state index in [-0.39, 0.29) is 0 Å². The van der Waals surface area contributed by atoms with Crippen molar-refractivity contribution in [2.75, 3.05) is 4.90 Å². The Kier molecular flexibility index (Phi) is 7.93. The van der Waals surface area contributed by atoms with Gasteiger partial charge < -0.3 is 9.32 Å². The van der Waals surface area contributed by atoms with E-state index in [0.717, 1.165) is 66.8 Å². The Bertz CT molecular complexity index is 3190. The van der Waals surface area contributed by atoms with Gasteiger partial charge >= 0.3 is 0 Å². The summed E-state index contributed by atoms with van der Waals surface area (Å²) in [7, 11) is 0. The lowest BCUT2D eigenvalue weighted by molar-refractivity contribution is 0.669. The Morgan fingerprint density at radius 3 is 1.68 bits per heavy atom. The van der Waals surface area contributed by atoms with Crippen molar-refractivity contribution in [2.45, 2.75) is 0 Å². The fourth-order valence-corrected chi connectivity index (χ4v) is 9.09. The lowest BCUT2D eigenvalue weighted by Crippen LogP contribution is -2.10. The van der Waals surface area contributed by atoms with Gasteiger partial charge in [-0.1, -0.05) is 146 Å². The highest BCUT2D eigenvalue weighted by molar-refractivity contribution is 7.26.